The molecular weight excluding hydrogens is 337 g/mol. The lowest BCUT2D eigenvalue weighted by Crippen LogP contribution is -2.47. The number of pyridine rings is 1. The summed E-state index contributed by atoms with van der Waals surface area (Å²) in [5.74, 6) is 0.834. The average molecular weight is 357 g/mol. The second-order valence-electron chi connectivity index (χ2n) is 6.04. The molecule has 7 heteroatoms. The molecular formula is C18H20FN5S. The SMILES string of the molecule is Fc1ccccc1N1CCN(CCSc2nnc3ccccn23)CC1. The quantitative estimate of drug-likeness (QED) is 0.657. The number of fused-ring (bicyclic) bond motifs is 1. The van der Waals surface area contributed by atoms with E-state index < -0.39 is 0 Å². The number of thioether (sulfide) groups is 1. The number of hydrogen-bond donors (Lipinski definition) is 0. The number of benzene rings is 1. The van der Waals surface area contributed by atoms with Crippen LogP contribution in [0.5, 0.6) is 0 Å². The van der Waals surface area contributed by atoms with Gasteiger partial charge in [0.25, 0.3) is 0 Å². The summed E-state index contributed by atoms with van der Waals surface area (Å²) < 4.78 is 15.9. The Hall–Kier alpha value is -2.12. The smallest absolute Gasteiger partial charge is 0.195 e. The number of rotatable bonds is 5. The van der Waals surface area contributed by atoms with E-state index in [0.717, 1.165) is 49.3 Å². The minimum absolute atomic E-state index is 0.134. The van der Waals surface area contributed by atoms with E-state index in [0.29, 0.717) is 5.69 Å². The first kappa shape index (κ1) is 16.4. The molecule has 0 N–H and O–H groups in total. The molecule has 0 bridgehead atoms. The van der Waals surface area contributed by atoms with Crippen LogP contribution in [-0.2, 0) is 0 Å². The zero-order chi connectivity index (χ0) is 17.1. The molecule has 5 nitrogen and oxygen atoms in total. The van der Waals surface area contributed by atoms with Crippen LogP contribution < -0.4 is 4.90 Å². The van der Waals surface area contributed by atoms with E-state index in [1.165, 1.54) is 6.07 Å². The van der Waals surface area contributed by atoms with Crippen molar-refractivity contribution in [1.29, 1.82) is 0 Å². The third kappa shape index (κ3) is 3.62. The van der Waals surface area contributed by atoms with Gasteiger partial charge in [0.2, 0.25) is 0 Å². The van der Waals surface area contributed by atoms with Crippen molar-refractivity contribution in [2.24, 2.45) is 0 Å². The molecule has 0 radical (unpaired) electrons. The summed E-state index contributed by atoms with van der Waals surface area (Å²) in [6.07, 6.45) is 1.99. The van der Waals surface area contributed by atoms with Crippen LogP contribution in [0.25, 0.3) is 5.65 Å². The van der Waals surface area contributed by atoms with Gasteiger partial charge >= 0.3 is 0 Å². The van der Waals surface area contributed by atoms with Crippen LogP contribution in [0.15, 0.2) is 53.8 Å². The van der Waals surface area contributed by atoms with Gasteiger partial charge in [0, 0.05) is 44.7 Å². The van der Waals surface area contributed by atoms with Gasteiger partial charge in [0.05, 0.1) is 5.69 Å². The fourth-order valence-corrected chi connectivity index (χ4v) is 4.03. The summed E-state index contributed by atoms with van der Waals surface area (Å²) in [4.78, 5) is 4.55. The first-order chi connectivity index (χ1) is 12.3. The van der Waals surface area contributed by atoms with Crippen LogP contribution in [0.3, 0.4) is 0 Å². The number of halogens is 1. The van der Waals surface area contributed by atoms with Crippen molar-refractivity contribution in [3.8, 4) is 0 Å². The maximum Gasteiger partial charge on any atom is 0.195 e. The molecule has 0 unspecified atom stereocenters. The largest absolute Gasteiger partial charge is 0.367 e. The first-order valence-corrected chi connectivity index (χ1v) is 9.44. The molecule has 2 aromatic heterocycles. The maximum absolute atomic E-state index is 13.9. The first-order valence-electron chi connectivity index (χ1n) is 8.46. The number of hydrogen-bond acceptors (Lipinski definition) is 5. The van der Waals surface area contributed by atoms with Crippen molar-refractivity contribution < 1.29 is 4.39 Å². The molecule has 0 aliphatic carbocycles. The Morgan fingerprint density at radius 2 is 1.76 bits per heavy atom. The molecule has 1 fully saturated rings. The van der Waals surface area contributed by atoms with E-state index in [2.05, 4.69) is 20.0 Å². The highest BCUT2D eigenvalue weighted by atomic mass is 32.2. The molecule has 0 atom stereocenters. The zero-order valence-electron chi connectivity index (χ0n) is 13.9. The molecule has 1 aromatic carbocycles. The van der Waals surface area contributed by atoms with E-state index in [-0.39, 0.29) is 5.82 Å². The van der Waals surface area contributed by atoms with Crippen LogP contribution in [0.1, 0.15) is 0 Å². The van der Waals surface area contributed by atoms with Crippen LogP contribution in [0.2, 0.25) is 0 Å². The third-order valence-electron chi connectivity index (χ3n) is 4.49. The lowest BCUT2D eigenvalue weighted by molar-refractivity contribution is 0.272. The Balaban J connectivity index is 1.27. The topological polar surface area (TPSA) is 36.7 Å². The number of nitrogens with zero attached hydrogens (tertiary/aromatic N) is 5. The molecule has 1 aliphatic heterocycles. The summed E-state index contributed by atoms with van der Waals surface area (Å²) in [5.41, 5.74) is 1.59. The van der Waals surface area contributed by atoms with Gasteiger partial charge in [-0.1, -0.05) is 30.0 Å². The van der Waals surface area contributed by atoms with Gasteiger partial charge < -0.3 is 4.90 Å². The van der Waals surface area contributed by atoms with Crippen molar-refractivity contribution in [3.63, 3.8) is 0 Å². The highest BCUT2D eigenvalue weighted by molar-refractivity contribution is 7.99. The van der Waals surface area contributed by atoms with Gasteiger partial charge in [-0.3, -0.25) is 9.30 Å². The number of anilines is 1. The summed E-state index contributed by atoms with van der Waals surface area (Å²) in [7, 11) is 0. The normalized spacial score (nSPS) is 15.8. The van der Waals surface area contributed by atoms with Gasteiger partial charge in [-0.25, -0.2) is 4.39 Å². The number of piperazine rings is 1. The molecule has 3 aromatic rings. The van der Waals surface area contributed by atoms with Crippen LogP contribution in [-0.4, -0.2) is 58.0 Å². The maximum atomic E-state index is 13.9. The zero-order valence-corrected chi connectivity index (χ0v) is 14.7. The van der Waals surface area contributed by atoms with E-state index in [4.69, 9.17) is 0 Å². The Morgan fingerprint density at radius 3 is 2.60 bits per heavy atom. The molecule has 1 saturated heterocycles. The Kier molecular flexibility index (Phi) is 4.85. The molecule has 1 aliphatic rings. The van der Waals surface area contributed by atoms with Gasteiger partial charge in [0.1, 0.15) is 5.82 Å². The third-order valence-corrected chi connectivity index (χ3v) is 5.41. The lowest BCUT2D eigenvalue weighted by atomic mass is 10.2. The predicted octanol–water partition coefficient (Wildman–Crippen LogP) is 2.78. The molecule has 130 valence electrons. The van der Waals surface area contributed by atoms with Crippen molar-refractivity contribution in [2.45, 2.75) is 5.16 Å². The van der Waals surface area contributed by atoms with E-state index >= 15 is 0 Å². The Labute approximate surface area is 150 Å². The van der Waals surface area contributed by atoms with E-state index in [1.54, 1.807) is 17.8 Å². The van der Waals surface area contributed by atoms with Crippen molar-refractivity contribution >= 4 is 23.1 Å². The minimum Gasteiger partial charge on any atom is -0.367 e. The van der Waals surface area contributed by atoms with E-state index in [1.807, 2.05) is 40.9 Å². The van der Waals surface area contributed by atoms with Gasteiger partial charge in [-0.15, -0.1) is 10.2 Å². The van der Waals surface area contributed by atoms with Gasteiger partial charge in [-0.2, -0.15) is 0 Å². The lowest BCUT2D eigenvalue weighted by Gasteiger charge is -2.36. The standard InChI is InChI=1S/C18H20FN5S/c19-15-5-1-2-6-16(15)23-11-9-22(10-12-23)13-14-25-18-21-20-17-7-3-4-8-24(17)18/h1-8H,9-14H2. The minimum atomic E-state index is -0.134. The molecule has 4 rings (SSSR count). The number of para-hydroxylation sites is 1. The Morgan fingerprint density at radius 1 is 0.960 bits per heavy atom. The van der Waals surface area contributed by atoms with Crippen molar-refractivity contribution in [2.75, 3.05) is 43.4 Å². The highest BCUT2D eigenvalue weighted by Gasteiger charge is 2.19. The van der Waals surface area contributed by atoms with E-state index in [9.17, 15) is 4.39 Å². The summed E-state index contributed by atoms with van der Waals surface area (Å²) in [5, 5.41) is 9.35. The van der Waals surface area contributed by atoms with Crippen molar-refractivity contribution in [1.82, 2.24) is 19.5 Å². The molecule has 0 spiro atoms. The molecule has 0 amide bonds. The second kappa shape index (κ2) is 7.41. The summed E-state index contributed by atoms with van der Waals surface area (Å²) in [6, 6.07) is 12.9. The molecule has 3 heterocycles. The monoisotopic (exact) mass is 357 g/mol. The molecule has 0 saturated carbocycles. The van der Waals surface area contributed by atoms with Crippen molar-refractivity contribution in [3.05, 3.63) is 54.5 Å². The second-order valence-corrected chi connectivity index (χ2v) is 7.10. The number of aromatic nitrogens is 3. The van der Waals surface area contributed by atoms with Gasteiger partial charge in [0.15, 0.2) is 10.8 Å². The van der Waals surface area contributed by atoms with Crippen LogP contribution in [0.4, 0.5) is 10.1 Å². The van der Waals surface area contributed by atoms with Gasteiger partial charge in [-0.05, 0) is 24.3 Å². The molecule has 25 heavy (non-hydrogen) atoms. The fraction of sp³-hybridized carbons (Fsp3) is 0.333. The van der Waals surface area contributed by atoms with Crippen LogP contribution in [0, 0.1) is 5.82 Å². The summed E-state index contributed by atoms with van der Waals surface area (Å²) in [6.45, 7) is 4.63. The summed E-state index contributed by atoms with van der Waals surface area (Å²) >= 11 is 1.72. The predicted molar refractivity (Wildman–Crippen MR) is 98.8 cm³/mol. The average Bonchev–Trinajstić information content (AvgIpc) is 3.06. The Bertz CT molecular complexity index is 844. The van der Waals surface area contributed by atoms with Crippen LogP contribution >= 0.6 is 11.8 Å². The highest BCUT2D eigenvalue weighted by Crippen LogP contribution is 2.21. The fourth-order valence-electron chi connectivity index (χ4n) is 3.10.